The highest BCUT2D eigenvalue weighted by Gasteiger charge is 2.50. The van der Waals surface area contributed by atoms with Crippen molar-refractivity contribution in [3.8, 4) is 5.75 Å². The van der Waals surface area contributed by atoms with Crippen LogP contribution in [0.25, 0.3) is 0 Å². The summed E-state index contributed by atoms with van der Waals surface area (Å²) >= 11 is 0. The summed E-state index contributed by atoms with van der Waals surface area (Å²) in [6.07, 6.45) is -0.938. The summed E-state index contributed by atoms with van der Waals surface area (Å²) < 4.78 is 16.0. The summed E-state index contributed by atoms with van der Waals surface area (Å²) in [5.74, 6) is -0.430. The first kappa shape index (κ1) is 18.0. The number of esters is 1. The van der Waals surface area contributed by atoms with Gasteiger partial charge in [-0.2, -0.15) is 0 Å². The van der Waals surface area contributed by atoms with Crippen LogP contribution < -0.4 is 4.74 Å². The Morgan fingerprint density at radius 3 is 2.29 bits per heavy atom. The SMILES string of the molecule is CCO[C@H](c1ccccc1)[C@](O)(C(=O)OC)c1ccccc1OC. The minimum absolute atomic E-state index is 0.293. The van der Waals surface area contributed by atoms with Gasteiger partial charge in [-0.05, 0) is 18.6 Å². The lowest BCUT2D eigenvalue weighted by atomic mass is 9.83. The number of aliphatic hydroxyl groups is 1. The molecule has 0 fully saturated rings. The third-order valence-corrected chi connectivity index (χ3v) is 3.83. The molecule has 0 unspecified atom stereocenters. The van der Waals surface area contributed by atoms with Gasteiger partial charge in [-0.25, -0.2) is 4.79 Å². The largest absolute Gasteiger partial charge is 0.496 e. The van der Waals surface area contributed by atoms with E-state index < -0.39 is 17.7 Å². The number of carbonyl (C=O) groups excluding carboxylic acids is 1. The fourth-order valence-electron chi connectivity index (χ4n) is 2.73. The Labute approximate surface area is 141 Å². The van der Waals surface area contributed by atoms with Crippen LogP contribution in [0.5, 0.6) is 5.75 Å². The van der Waals surface area contributed by atoms with E-state index in [4.69, 9.17) is 14.2 Å². The molecule has 5 heteroatoms. The van der Waals surface area contributed by atoms with Crippen LogP contribution >= 0.6 is 0 Å². The van der Waals surface area contributed by atoms with Crippen molar-refractivity contribution >= 4 is 5.97 Å². The predicted molar refractivity (Wildman–Crippen MR) is 89.7 cm³/mol. The lowest BCUT2D eigenvalue weighted by Crippen LogP contribution is -2.44. The molecule has 0 amide bonds. The van der Waals surface area contributed by atoms with E-state index in [0.29, 0.717) is 23.5 Å². The second kappa shape index (κ2) is 7.95. The zero-order chi connectivity index (χ0) is 17.6. The van der Waals surface area contributed by atoms with Crippen LogP contribution in [0, 0.1) is 0 Å². The number of hydrogen-bond acceptors (Lipinski definition) is 5. The summed E-state index contributed by atoms with van der Waals surface area (Å²) in [5, 5.41) is 11.4. The Balaban J connectivity index is 2.67. The topological polar surface area (TPSA) is 65.0 Å². The van der Waals surface area contributed by atoms with Crippen LogP contribution in [-0.2, 0) is 19.9 Å². The third-order valence-electron chi connectivity index (χ3n) is 3.83. The van der Waals surface area contributed by atoms with E-state index in [0.717, 1.165) is 0 Å². The fourth-order valence-corrected chi connectivity index (χ4v) is 2.73. The number of carbonyl (C=O) groups is 1. The molecule has 0 bridgehead atoms. The van der Waals surface area contributed by atoms with Gasteiger partial charge < -0.3 is 19.3 Å². The van der Waals surface area contributed by atoms with Gasteiger partial charge in [0.15, 0.2) is 0 Å². The molecule has 2 atom stereocenters. The van der Waals surface area contributed by atoms with Crippen molar-refractivity contribution in [3.63, 3.8) is 0 Å². The molecule has 0 aromatic heterocycles. The summed E-state index contributed by atoms with van der Waals surface area (Å²) in [4.78, 5) is 12.6. The van der Waals surface area contributed by atoms with Crippen LogP contribution in [0.15, 0.2) is 54.6 Å². The lowest BCUT2D eigenvalue weighted by molar-refractivity contribution is -0.184. The Morgan fingerprint density at radius 2 is 1.71 bits per heavy atom. The van der Waals surface area contributed by atoms with Crippen LogP contribution in [0.1, 0.15) is 24.2 Å². The number of hydrogen-bond donors (Lipinski definition) is 1. The minimum Gasteiger partial charge on any atom is -0.496 e. The van der Waals surface area contributed by atoms with Crippen molar-refractivity contribution < 1.29 is 24.1 Å². The van der Waals surface area contributed by atoms with E-state index in [1.165, 1.54) is 14.2 Å². The van der Waals surface area contributed by atoms with Gasteiger partial charge in [0, 0.05) is 12.2 Å². The van der Waals surface area contributed by atoms with Crippen molar-refractivity contribution in [2.45, 2.75) is 18.6 Å². The van der Waals surface area contributed by atoms with Crippen molar-refractivity contribution in [2.75, 3.05) is 20.8 Å². The molecule has 2 aromatic carbocycles. The molecule has 0 aliphatic rings. The Morgan fingerprint density at radius 1 is 1.08 bits per heavy atom. The first-order chi connectivity index (χ1) is 11.6. The molecule has 0 heterocycles. The molecule has 2 rings (SSSR count). The second-order valence-electron chi connectivity index (χ2n) is 5.20. The standard InChI is InChI=1S/C19H22O5/c1-4-24-17(14-10-6-5-7-11-14)19(21,18(20)23-3)15-12-8-9-13-16(15)22-2/h5-13,17,21H,4H2,1-3H3/t17-,19+/m1/s1. The zero-order valence-electron chi connectivity index (χ0n) is 14.1. The number of ether oxygens (including phenoxy) is 3. The maximum absolute atomic E-state index is 12.6. The molecule has 24 heavy (non-hydrogen) atoms. The first-order valence-corrected chi connectivity index (χ1v) is 7.70. The fraction of sp³-hybridized carbons (Fsp3) is 0.316. The molecule has 128 valence electrons. The number of para-hydroxylation sites is 1. The molecule has 5 nitrogen and oxygen atoms in total. The van der Waals surface area contributed by atoms with E-state index in [9.17, 15) is 9.90 Å². The van der Waals surface area contributed by atoms with Gasteiger partial charge in [-0.3, -0.25) is 0 Å². The predicted octanol–water partition coefficient (Wildman–Crippen LogP) is 2.83. The number of methoxy groups -OCH3 is 2. The van der Waals surface area contributed by atoms with Gasteiger partial charge in [-0.1, -0.05) is 48.5 Å². The van der Waals surface area contributed by atoms with E-state index in [1.54, 1.807) is 43.3 Å². The molecule has 2 aromatic rings. The lowest BCUT2D eigenvalue weighted by Gasteiger charge is -2.34. The van der Waals surface area contributed by atoms with Crippen molar-refractivity contribution in [1.29, 1.82) is 0 Å². The molecule has 0 radical (unpaired) electrons. The molecule has 0 spiro atoms. The average Bonchev–Trinajstić information content (AvgIpc) is 2.65. The maximum Gasteiger partial charge on any atom is 0.345 e. The summed E-state index contributed by atoms with van der Waals surface area (Å²) in [7, 11) is 2.71. The number of rotatable bonds is 7. The quantitative estimate of drug-likeness (QED) is 0.791. The minimum atomic E-state index is -2.04. The summed E-state index contributed by atoms with van der Waals surface area (Å²) in [5.41, 5.74) is -1.08. The van der Waals surface area contributed by atoms with E-state index in [2.05, 4.69) is 0 Å². The number of benzene rings is 2. The monoisotopic (exact) mass is 330 g/mol. The van der Waals surface area contributed by atoms with Crippen molar-refractivity contribution in [2.24, 2.45) is 0 Å². The Hall–Kier alpha value is -2.37. The van der Waals surface area contributed by atoms with Crippen LogP contribution in [0.3, 0.4) is 0 Å². The smallest absolute Gasteiger partial charge is 0.345 e. The van der Waals surface area contributed by atoms with E-state index in [1.807, 2.05) is 18.2 Å². The molecule has 0 aliphatic carbocycles. The highest BCUT2D eigenvalue weighted by atomic mass is 16.6. The summed E-state index contributed by atoms with van der Waals surface area (Å²) in [6, 6.07) is 15.9. The molecular formula is C19H22O5. The Bertz CT molecular complexity index is 670. The van der Waals surface area contributed by atoms with Gasteiger partial charge in [0.1, 0.15) is 11.9 Å². The maximum atomic E-state index is 12.6. The normalized spacial score (nSPS) is 14.5. The van der Waals surface area contributed by atoms with Crippen molar-refractivity contribution in [3.05, 3.63) is 65.7 Å². The van der Waals surface area contributed by atoms with E-state index in [-0.39, 0.29) is 0 Å². The van der Waals surface area contributed by atoms with Crippen LogP contribution in [0.2, 0.25) is 0 Å². The first-order valence-electron chi connectivity index (χ1n) is 7.70. The average molecular weight is 330 g/mol. The molecule has 0 aliphatic heterocycles. The molecule has 0 saturated carbocycles. The van der Waals surface area contributed by atoms with Gasteiger partial charge in [0.25, 0.3) is 0 Å². The second-order valence-corrected chi connectivity index (χ2v) is 5.20. The van der Waals surface area contributed by atoms with Crippen LogP contribution in [0.4, 0.5) is 0 Å². The van der Waals surface area contributed by atoms with Gasteiger partial charge >= 0.3 is 5.97 Å². The highest BCUT2D eigenvalue weighted by molar-refractivity contribution is 5.83. The van der Waals surface area contributed by atoms with Gasteiger partial charge in [-0.15, -0.1) is 0 Å². The van der Waals surface area contributed by atoms with Gasteiger partial charge in [0.05, 0.1) is 14.2 Å². The van der Waals surface area contributed by atoms with Crippen molar-refractivity contribution in [1.82, 2.24) is 0 Å². The molecular weight excluding hydrogens is 308 g/mol. The highest BCUT2D eigenvalue weighted by Crippen LogP contribution is 2.42. The molecule has 0 saturated heterocycles. The Kier molecular flexibility index (Phi) is 5.95. The van der Waals surface area contributed by atoms with Gasteiger partial charge in [0.2, 0.25) is 5.60 Å². The summed E-state index contributed by atoms with van der Waals surface area (Å²) in [6.45, 7) is 2.11. The molecule has 1 N–H and O–H groups in total. The third kappa shape index (κ3) is 3.27. The van der Waals surface area contributed by atoms with Crippen LogP contribution in [-0.4, -0.2) is 31.9 Å². The zero-order valence-corrected chi connectivity index (χ0v) is 14.1. The van der Waals surface area contributed by atoms with E-state index >= 15 is 0 Å².